The van der Waals surface area contributed by atoms with Gasteiger partial charge in [-0.3, -0.25) is 0 Å². The topological polar surface area (TPSA) is 46.2 Å². The van der Waals surface area contributed by atoms with Crippen LogP contribution in [0, 0.1) is 5.82 Å². The van der Waals surface area contributed by atoms with E-state index in [1.54, 1.807) is 12.1 Å². The minimum atomic E-state index is -3.11. The first-order chi connectivity index (χ1) is 8.55. The smallest absolute Gasteiger partial charge is 0.211 e. The molecule has 18 heavy (non-hydrogen) atoms. The van der Waals surface area contributed by atoms with Gasteiger partial charge in [-0.2, -0.15) is 0 Å². The van der Waals surface area contributed by atoms with Crippen LogP contribution in [0.25, 0.3) is 0 Å². The van der Waals surface area contributed by atoms with Crippen LogP contribution in [0.2, 0.25) is 0 Å². The summed E-state index contributed by atoms with van der Waals surface area (Å²) in [4.78, 5) is 0. The first-order valence-electron chi connectivity index (χ1n) is 6.26. The van der Waals surface area contributed by atoms with Crippen molar-refractivity contribution in [1.29, 1.82) is 0 Å². The summed E-state index contributed by atoms with van der Waals surface area (Å²) >= 11 is 0. The van der Waals surface area contributed by atoms with Crippen LogP contribution in [-0.4, -0.2) is 20.7 Å². The Bertz CT molecular complexity index is 460. The number of hydrogen-bond donors (Lipinski definition) is 1. The molecule has 0 bridgehead atoms. The van der Waals surface area contributed by atoms with E-state index in [0.29, 0.717) is 24.9 Å². The zero-order valence-electron chi connectivity index (χ0n) is 10.7. The van der Waals surface area contributed by atoms with E-state index >= 15 is 0 Å². The normalized spacial score (nSPS) is 11.7. The van der Waals surface area contributed by atoms with Crippen molar-refractivity contribution in [2.24, 2.45) is 0 Å². The van der Waals surface area contributed by atoms with Crippen molar-refractivity contribution in [3.05, 3.63) is 35.6 Å². The Balaban J connectivity index is 2.22. The summed E-state index contributed by atoms with van der Waals surface area (Å²) < 4.78 is 38.5. The molecule has 0 aliphatic carbocycles. The first-order valence-corrected chi connectivity index (χ1v) is 7.91. The minimum Gasteiger partial charge on any atom is -0.215 e. The number of sulfonamides is 1. The fourth-order valence-corrected chi connectivity index (χ4v) is 2.85. The van der Waals surface area contributed by atoms with Crippen LogP contribution in [0.5, 0.6) is 0 Å². The Kier molecular flexibility index (Phi) is 6.29. The lowest BCUT2D eigenvalue weighted by molar-refractivity contribution is 0.572. The van der Waals surface area contributed by atoms with Crippen LogP contribution in [-0.2, 0) is 16.4 Å². The van der Waals surface area contributed by atoms with Gasteiger partial charge in [-0.25, -0.2) is 17.5 Å². The summed E-state index contributed by atoms with van der Waals surface area (Å²) in [6, 6.07) is 6.68. The quantitative estimate of drug-likeness (QED) is 0.740. The fraction of sp³-hybridized carbons (Fsp3) is 0.538. The molecule has 0 atom stereocenters. The average Bonchev–Trinajstić information content (AvgIpc) is 2.31. The number of rotatable bonds is 8. The molecular weight excluding hydrogens is 253 g/mol. The van der Waals surface area contributed by atoms with Crippen LogP contribution in [0.1, 0.15) is 31.7 Å². The Morgan fingerprint density at radius 1 is 1.22 bits per heavy atom. The third-order valence-electron chi connectivity index (χ3n) is 2.63. The lowest BCUT2D eigenvalue weighted by Gasteiger charge is -2.06. The van der Waals surface area contributed by atoms with Gasteiger partial charge in [0.25, 0.3) is 0 Å². The summed E-state index contributed by atoms with van der Waals surface area (Å²) in [5.74, 6) is -0.0237. The molecule has 0 spiro atoms. The van der Waals surface area contributed by atoms with Gasteiger partial charge >= 0.3 is 0 Å². The summed E-state index contributed by atoms with van der Waals surface area (Å²) in [6.07, 6.45) is 2.75. The predicted octanol–water partition coefficient (Wildman–Crippen LogP) is 2.48. The van der Waals surface area contributed by atoms with E-state index in [0.717, 1.165) is 12.8 Å². The SMILES string of the molecule is CCCS(=O)(=O)NCCCCc1ccccc1F. The summed E-state index contributed by atoms with van der Waals surface area (Å²) in [6.45, 7) is 2.26. The monoisotopic (exact) mass is 273 g/mol. The molecule has 0 amide bonds. The van der Waals surface area contributed by atoms with Crippen LogP contribution >= 0.6 is 0 Å². The van der Waals surface area contributed by atoms with E-state index in [4.69, 9.17) is 0 Å². The van der Waals surface area contributed by atoms with E-state index in [9.17, 15) is 12.8 Å². The molecule has 3 nitrogen and oxygen atoms in total. The van der Waals surface area contributed by atoms with E-state index < -0.39 is 10.0 Å². The van der Waals surface area contributed by atoms with Gasteiger partial charge in [-0.1, -0.05) is 25.1 Å². The number of benzene rings is 1. The number of halogens is 1. The van der Waals surface area contributed by atoms with Gasteiger partial charge in [-0.15, -0.1) is 0 Å². The van der Waals surface area contributed by atoms with Crippen molar-refractivity contribution in [3.63, 3.8) is 0 Å². The Morgan fingerprint density at radius 3 is 2.61 bits per heavy atom. The van der Waals surface area contributed by atoms with Gasteiger partial charge in [0.05, 0.1) is 5.75 Å². The lowest BCUT2D eigenvalue weighted by Crippen LogP contribution is -2.27. The molecule has 0 radical (unpaired) electrons. The highest BCUT2D eigenvalue weighted by molar-refractivity contribution is 7.89. The molecule has 1 aromatic rings. The van der Waals surface area contributed by atoms with Crippen molar-refractivity contribution in [2.75, 3.05) is 12.3 Å². The molecule has 0 aromatic heterocycles. The first kappa shape index (κ1) is 15.1. The minimum absolute atomic E-state index is 0.167. The molecule has 0 fully saturated rings. The van der Waals surface area contributed by atoms with Gasteiger partial charge in [0.1, 0.15) is 5.82 Å². The molecule has 1 N–H and O–H groups in total. The fourth-order valence-electron chi connectivity index (χ4n) is 1.71. The van der Waals surface area contributed by atoms with Gasteiger partial charge in [0.2, 0.25) is 10.0 Å². The summed E-state index contributed by atoms with van der Waals surface area (Å²) in [7, 11) is -3.11. The van der Waals surface area contributed by atoms with E-state index in [1.807, 2.05) is 13.0 Å². The highest BCUT2D eigenvalue weighted by atomic mass is 32.2. The maximum atomic E-state index is 13.3. The lowest BCUT2D eigenvalue weighted by atomic mass is 10.1. The largest absolute Gasteiger partial charge is 0.215 e. The molecule has 0 aliphatic rings. The predicted molar refractivity (Wildman–Crippen MR) is 71.4 cm³/mol. The van der Waals surface area contributed by atoms with Crippen molar-refractivity contribution in [3.8, 4) is 0 Å². The second-order valence-corrected chi connectivity index (χ2v) is 6.19. The van der Waals surface area contributed by atoms with Crippen LogP contribution in [0.15, 0.2) is 24.3 Å². The Hall–Kier alpha value is -0.940. The average molecular weight is 273 g/mol. The molecule has 0 aliphatic heterocycles. The van der Waals surface area contributed by atoms with Crippen LogP contribution in [0.4, 0.5) is 4.39 Å². The third kappa shape index (κ3) is 5.60. The molecule has 5 heteroatoms. The molecule has 0 heterocycles. The summed E-state index contributed by atoms with van der Waals surface area (Å²) in [5, 5.41) is 0. The van der Waals surface area contributed by atoms with E-state index in [-0.39, 0.29) is 11.6 Å². The molecular formula is C13H20FNO2S. The number of nitrogens with one attached hydrogen (secondary N) is 1. The van der Waals surface area contributed by atoms with Crippen molar-refractivity contribution in [2.45, 2.75) is 32.6 Å². The second kappa shape index (κ2) is 7.48. The van der Waals surface area contributed by atoms with Gasteiger partial charge in [0.15, 0.2) is 0 Å². The van der Waals surface area contributed by atoms with E-state index in [2.05, 4.69) is 4.72 Å². The second-order valence-electron chi connectivity index (χ2n) is 4.26. The standard InChI is InChI=1S/C13H20FNO2S/c1-2-11-18(16,17)15-10-6-5-8-12-7-3-4-9-13(12)14/h3-4,7,9,15H,2,5-6,8,10-11H2,1H3. The van der Waals surface area contributed by atoms with Crippen molar-refractivity contribution >= 4 is 10.0 Å². The highest BCUT2D eigenvalue weighted by Crippen LogP contribution is 2.09. The molecule has 0 saturated heterocycles. The molecule has 1 aromatic carbocycles. The molecule has 0 saturated carbocycles. The van der Waals surface area contributed by atoms with Crippen molar-refractivity contribution in [1.82, 2.24) is 4.72 Å². The van der Waals surface area contributed by atoms with Gasteiger partial charge < -0.3 is 0 Å². The zero-order valence-corrected chi connectivity index (χ0v) is 11.5. The van der Waals surface area contributed by atoms with Gasteiger partial charge in [-0.05, 0) is 37.3 Å². The maximum Gasteiger partial charge on any atom is 0.211 e. The van der Waals surface area contributed by atoms with Gasteiger partial charge in [0, 0.05) is 6.54 Å². The Morgan fingerprint density at radius 2 is 1.94 bits per heavy atom. The third-order valence-corrected chi connectivity index (χ3v) is 4.22. The molecule has 1 rings (SSSR count). The molecule has 0 unspecified atom stereocenters. The zero-order chi connectivity index (χ0) is 13.4. The number of hydrogen-bond acceptors (Lipinski definition) is 2. The van der Waals surface area contributed by atoms with E-state index in [1.165, 1.54) is 6.07 Å². The van der Waals surface area contributed by atoms with Crippen LogP contribution in [0.3, 0.4) is 0 Å². The Labute approximate surface area is 108 Å². The van der Waals surface area contributed by atoms with Crippen molar-refractivity contribution < 1.29 is 12.8 Å². The van der Waals surface area contributed by atoms with Crippen LogP contribution < -0.4 is 4.72 Å². The number of aryl methyl sites for hydroxylation is 1. The number of unbranched alkanes of at least 4 members (excludes halogenated alkanes) is 1. The molecule has 102 valence electrons. The maximum absolute atomic E-state index is 13.3. The highest BCUT2D eigenvalue weighted by Gasteiger charge is 2.07. The summed E-state index contributed by atoms with van der Waals surface area (Å²) in [5.41, 5.74) is 0.689.